The summed E-state index contributed by atoms with van der Waals surface area (Å²) in [6.07, 6.45) is 0.988. The van der Waals surface area contributed by atoms with Crippen LogP contribution in [0.2, 0.25) is 0 Å². The summed E-state index contributed by atoms with van der Waals surface area (Å²) in [5.74, 6) is -0.658. The van der Waals surface area contributed by atoms with Crippen molar-refractivity contribution in [1.82, 2.24) is 4.72 Å². The van der Waals surface area contributed by atoms with Crippen molar-refractivity contribution < 1.29 is 22.3 Å². The third kappa shape index (κ3) is 4.69. The third-order valence-electron chi connectivity index (χ3n) is 3.82. The smallest absolute Gasteiger partial charge is 0.244 e. The van der Waals surface area contributed by atoms with Crippen LogP contribution in [-0.2, 0) is 10.0 Å². The molecule has 6 nitrogen and oxygen atoms in total. The van der Waals surface area contributed by atoms with Gasteiger partial charge in [0.25, 0.3) is 0 Å². The molecular formula is C14H24ClFN2O4S. The van der Waals surface area contributed by atoms with Crippen molar-refractivity contribution in [3.63, 3.8) is 0 Å². The molecule has 0 saturated heterocycles. The lowest BCUT2D eigenvalue weighted by molar-refractivity contribution is 0.348. The lowest BCUT2D eigenvalue weighted by Gasteiger charge is -2.31. The summed E-state index contributed by atoms with van der Waals surface area (Å²) in [5, 5.41) is 0. The number of rotatable bonds is 8. The van der Waals surface area contributed by atoms with Gasteiger partial charge in [0, 0.05) is 24.2 Å². The number of hydrogen-bond acceptors (Lipinski definition) is 5. The average molecular weight is 371 g/mol. The summed E-state index contributed by atoms with van der Waals surface area (Å²) >= 11 is 0. The van der Waals surface area contributed by atoms with Gasteiger partial charge in [0.15, 0.2) is 11.5 Å². The minimum absolute atomic E-state index is 0. The molecule has 23 heavy (non-hydrogen) atoms. The van der Waals surface area contributed by atoms with Gasteiger partial charge in [0.05, 0.1) is 14.2 Å². The largest absolute Gasteiger partial charge is 0.493 e. The zero-order chi connectivity index (χ0) is 17.0. The van der Waals surface area contributed by atoms with Gasteiger partial charge in [-0.15, -0.1) is 12.4 Å². The number of sulfonamides is 1. The Morgan fingerprint density at radius 2 is 1.65 bits per heavy atom. The molecule has 1 rings (SSSR count). The summed E-state index contributed by atoms with van der Waals surface area (Å²) in [5.41, 5.74) is 4.88. The molecule has 0 saturated carbocycles. The number of ether oxygens (including phenoxy) is 2. The van der Waals surface area contributed by atoms with Crippen molar-refractivity contribution in [2.45, 2.75) is 37.1 Å². The summed E-state index contributed by atoms with van der Waals surface area (Å²) in [6, 6.07) is 2.08. The monoisotopic (exact) mass is 370 g/mol. The van der Waals surface area contributed by atoms with Crippen molar-refractivity contribution in [1.29, 1.82) is 0 Å². The second-order valence-corrected chi connectivity index (χ2v) is 6.59. The number of halogens is 2. The molecule has 0 fully saturated rings. The van der Waals surface area contributed by atoms with Crippen molar-refractivity contribution in [2.75, 3.05) is 20.8 Å². The fourth-order valence-electron chi connectivity index (χ4n) is 2.11. The molecule has 0 aliphatic carbocycles. The zero-order valence-corrected chi connectivity index (χ0v) is 15.3. The predicted octanol–water partition coefficient (Wildman–Crippen LogP) is 2.06. The third-order valence-corrected chi connectivity index (χ3v) is 5.42. The molecule has 0 bridgehead atoms. The van der Waals surface area contributed by atoms with Crippen LogP contribution in [0.4, 0.5) is 4.39 Å². The quantitative estimate of drug-likeness (QED) is 0.731. The Hall–Kier alpha value is -1.09. The number of hydrogen-bond donors (Lipinski definition) is 2. The summed E-state index contributed by atoms with van der Waals surface area (Å²) in [4.78, 5) is -0.495. The molecule has 0 unspecified atom stereocenters. The molecule has 9 heteroatoms. The van der Waals surface area contributed by atoms with E-state index in [1.54, 1.807) is 0 Å². The Morgan fingerprint density at radius 1 is 1.17 bits per heavy atom. The highest BCUT2D eigenvalue weighted by molar-refractivity contribution is 7.89. The van der Waals surface area contributed by atoms with Crippen LogP contribution in [-0.4, -0.2) is 34.7 Å². The molecule has 0 spiro atoms. The van der Waals surface area contributed by atoms with E-state index in [0.29, 0.717) is 12.8 Å². The van der Waals surface area contributed by atoms with E-state index in [9.17, 15) is 12.8 Å². The predicted molar refractivity (Wildman–Crippen MR) is 89.4 cm³/mol. The van der Waals surface area contributed by atoms with Crippen LogP contribution < -0.4 is 19.9 Å². The van der Waals surface area contributed by atoms with Gasteiger partial charge in [-0.2, -0.15) is 0 Å². The Labute approximate surface area is 143 Å². The molecule has 0 atom stereocenters. The van der Waals surface area contributed by atoms with E-state index in [4.69, 9.17) is 15.2 Å². The maximum absolute atomic E-state index is 14.2. The van der Waals surface area contributed by atoms with Gasteiger partial charge < -0.3 is 15.2 Å². The van der Waals surface area contributed by atoms with E-state index < -0.39 is 26.3 Å². The van der Waals surface area contributed by atoms with Crippen molar-refractivity contribution >= 4 is 22.4 Å². The highest BCUT2D eigenvalue weighted by Gasteiger charge is 2.33. The molecule has 0 aliphatic heterocycles. The van der Waals surface area contributed by atoms with Gasteiger partial charge in [-0.05, 0) is 12.8 Å². The lowest BCUT2D eigenvalue weighted by Crippen LogP contribution is -2.52. The van der Waals surface area contributed by atoms with E-state index >= 15 is 0 Å². The molecule has 0 aliphatic rings. The van der Waals surface area contributed by atoms with Crippen LogP contribution in [0.15, 0.2) is 17.0 Å². The zero-order valence-electron chi connectivity index (χ0n) is 13.7. The lowest BCUT2D eigenvalue weighted by atomic mass is 9.95. The van der Waals surface area contributed by atoms with Crippen molar-refractivity contribution in [2.24, 2.45) is 5.73 Å². The Kier molecular flexibility index (Phi) is 8.26. The molecule has 0 amide bonds. The van der Waals surface area contributed by atoms with Crippen LogP contribution in [0.25, 0.3) is 0 Å². The fourth-order valence-corrected chi connectivity index (χ4v) is 3.74. The highest BCUT2D eigenvalue weighted by atomic mass is 35.5. The normalized spacial score (nSPS) is 11.7. The van der Waals surface area contributed by atoms with Crippen molar-refractivity contribution in [3.8, 4) is 11.5 Å². The van der Waals surface area contributed by atoms with Crippen LogP contribution in [0, 0.1) is 5.82 Å². The van der Waals surface area contributed by atoms with Gasteiger partial charge >= 0.3 is 0 Å². The van der Waals surface area contributed by atoms with Crippen LogP contribution in [0.1, 0.15) is 26.7 Å². The first-order valence-electron chi connectivity index (χ1n) is 6.94. The van der Waals surface area contributed by atoms with Gasteiger partial charge in [-0.3, -0.25) is 0 Å². The molecule has 1 aromatic carbocycles. The van der Waals surface area contributed by atoms with Crippen LogP contribution in [0.3, 0.4) is 0 Å². The highest BCUT2D eigenvalue weighted by Crippen LogP contribution is 2.32. The van der Waals surface area contributed by atoms with Crippen molar-refractivity contribution in [3.05, 3.63) is 17.9 Å². The first kappa shape index (κ1) is 21.9. The van der Waals surface area contributed by atoms with E-state index in [0.717, 1.165) is 12.1 Å². The van der Waals surface area contributed by atoms with Gasteiger partial charge in [-0.1, -0.05) is 13.8 Å². The minimum Gasteiger partial charge on any atom is -0.493 e. The summed E-state index contributed by atoms with van der Waals surface area (Å²) < 4.78 is 51.7. The molecular weight excluding hydrogens is 347 g/mol. The van der Waals surface area contributed by atoms with Crippen LogP contribution >= 0.6 is 12.4 Å². The number of nitrogens with two attached hydrogens (primary N) is 1. The maximum atomic E-state index is 14.2. The second-order valence-electron chi connectivity index (χ2n) is 4.93. The molecule has 0 aromatic heterocycles. The van der Waals surface area contributed by atoms with Crippen LogP contribution in [0.5, 0.6) is 11.5 Å². The Bertz CT molecular complexity index is 613. The minimum atomic E-state index is -4.08. The summed E-state index contributed by atoms with van der Waals surface area (Å²) in [6.45, 7) is 3.77. The molecule has 1 aromatic rings. The van der Waals surface area contributed by atoms with E-state index in [2.05, 4.69) is 4.72 Å². The number of methoxy groups -OCH3 is 2. The SMILES string of the molecule is CCC(CC)(CN)NS(=O)(=O)c1cc(OC)c(OC)cc1F.Cl. The van der Waals surface area contributed by atoms with Gasteiger partial charge in [-0.25, -0.2) is 17.5 Å². The molecule has 134 valence electrons. The summed E-state index contributed by atoms with van der Waals surface area (Å²) in [7, 11) is -1.39. The Morgan fingerprint density at radius 3 is 2.04 bits per heavy atom. The fraction of sp³-hybridized carbons (Fsp3) is 0.571. The topological polar surface area (TPSA) is 90.7 Å². The first-order chi connectivity index (χ1) is 10.3. The second kappa shape index (κ2) is 8.68. The van der Waals surface area contributed by atoms with Gasteiger partial charge in [0.1, 0.15) is 10.7 Å². The number of benzene rings is 1. The average Bonchev–Trinajstić information content (AvgIpc) is 2.52. The molecule has 3 N–H and O–H groups in total. The van der Waals surface area contributed by atoms with E-state index in [1.807, 2.05) is 13.8 Å². The number of nitrogens with one attached hydrogen (secondary N) is 1. The molecule has 0 heterocycles. The standard InChI is InChI=1S/C14H23FN2O4S.ClH/c1-5-14(6-2,9-16)17-22(18,19)13-8-12(21-4)11(20-3)7-10(13)15;/h7-8,17H,5-6,9,16H2,1-4H3;1H. The maximum Gasteiger partial charge on any atom is 0.244 e. The van der Waals surface area contributed by atoms with E-state index in [-0.39, 0.29) is 30.5 Å². The first-order valence-corrected chi connectivity index (χ1v) is 8.43. The molecule has 0 radical (unpaired) electrons. The van der Waals surface area contributed by atoms with E-state index in [1.165, 1.54) is 14.2 Å². The van der Waals surface area contributed by atoms with Gasteiger partial charge in [0.2, 0.25) is 10.0 Å². The Balaban J connectivity index is 0.00000484.